The minimum atomic E-state index is -0.0746. The topological polar surface area (TPSA) is 58.9 Å². The largest absolute Gasteiger partial charge is 0.390 e. The highest BCUT2D eigenvalue weighted by Gasteiger charge is 2.04. The van der Waals surface area contributed by atoms with Crippen LogP contribution in [0.15, 0.2) is 30.7 Å². The zero-order valence-corrected chi connectivity index (χ0v) is 8.38. The van der Waals surface area contributed by atoms with Crippen LogP contribution in [0.3, 0.4) is 0 Å². The number of rotatable bonds is 2. The zero-order valence-electron chi connectivity index (χ0n) is 8.38. The Morgan fingerprint density at radius 3 is 2.87 bits per heavy atom. The Labute approximate surface area is 87.7 Å². The van der Waals surface area contributed by atoms with Crippen molar-refractivity contribution in [3.05, 3.63) is 42.0 Å². The highest BCUT2D eigenvalue weighted by molar-refractivity contribution is 5.57. The normalized spacial score (nSPS) is 10.3. The number of hydrogen-bond donors (Lipinski definition) is 1. The van der Waals surface area contributed by atoms with Crippen LogP contribution in [0.5, 0.6) is 0 Å². The molecule has 0 bridgehead atoms. The molecule has 2 heterocycles. The molecule has 0 saturated carbocycles. The van der Waals surface area contributed by atoms with Crippen molar-refractivity contribution in [3.63, 3.8) is 0 Å². The summed E-state index contributed by atoms with van der Waals surface area (Å²) in [6, 6.07) is 3.60. The molecule has 0 spiro atoms. The second-order valence-corrected chi connectivity index (χ2v) is 3.22. The summed E-state index contributed by atoms with van der Waals surface area (Å²) in [7, 11) is 0. The fourth-order valence-electron chi connectivity index (χ4n) is 1.31. The molecule has 0 aromatic carbocycles. The van der Waals surface area contributed by atoms with Gasteiger partial charge in [-0.15, -0.1) is 0 Å². The second-order valence-electron chi connectivity index (χ2n) is 3.22. The van der Waals surface area contributed by atoms with E-state index in [-0.39, 0.29) is 6.61 Å². The Morgan fingerprint density at radius 1 is 1.27 bits per heavy atom. The lowest BCUT2D eigenvalue weighted by Gasteiger charge is -2.03. The highest BCUT2D eigenvalue weighted by Crippen LogP contribution is 2.17. The van der Waals surface area contributed by atoms with E-state index in [1.165, 1.54) is 0 Å². The average Bonchev–Trinajstić information content (AvgIpc) is 2.30. The summed E-state index contributed by atoms with van der Waals surface area (Å²) in [5.74, 6) is 0.604. The van der Waals surface area contributed by atoms with Gasteiger partial charge in [0.15, 0.2) is 5.82 Å². The van der Waals surface area contributed by atoms with Crippen molar-refractivity contribution in [1.82, 2.24) is 15.0 Å². The molecule has 0 saturated heterocycles. The summed E-state index contributed by atoms with van der Waals surface area (Å²) < 4.78 is 0. The van der Waals surface area contributed by atoms with Crippen molar-refractivity contribution in [3.8, 4) is 11.4 Å². The van der Waals surface area contributed by atoms with Gasteiger partial charge in [-0.1, -0.05) is 0 Å². The molecule has 2 rings (SSSR count). The third kappa shape index (κ3) is 1.99. The van der Waals surface area contributed by atoms with E-state index in [4.69, 9.17) is 5.11 Å². The number of aromatic nitrogens is 3. The van der Waals surface area contributed by atoms with E-state index in [0.717, 1.165) is 11.1 Å². The third-order valence-corrected chi connectivity index (χ3v) is 2.16. The van der Waals surface area contributed by atoms with Gasteiger partial charge in [0.25, 0.3) is 0 Å². The smallest absolute Gasteiger partial charge is 0.161 e. The van der Waals surface area contributed by atoms with E-state index in [1.807, 2.05) is 13.0 Å². The lowest BCUT2D eigenvalue weighted by Crippen LogP contribution is -1.96. The maximum atomic E-state index is 8.97. The first kappa shape index (κ1) is 9.73. The molecular weight excluding hydrogens is 190 g/mol. The fourth-order valence-corrected chi connectivity index (χ4v) is 1.31. The first-order valence-corrected chi connectivity index (χ1v) is 4.65. The molecule has 0 aliphatic heterocycles. The zero-order chi connectivity index (χ0) is 10.7. The Hall–Kier alpha value is -1.81. The van der Waals surface area contributed by atoms with Crippen LogP contribution in [0.1, 0.15) is 11.3 Å². The van der Waals surface area contributed by atoms with Crippen molar-refractivity contribution >= 4 is 0 Å². The average molecular weight is 201 g/mol. The maximum absolute atomic E-state index is 8.97. The molecule has 1 N–H and O–H groups in total. The monoisotopic (exact) mass is 201 g/mol. The Morgan fingerprint density at radius 2 is 2.13 bits per heavy atom. The van der Waals surface area contributed by atoms with Gasteiger partial charge in [0.1, 0.15) is 0 Å². The Bertz CT molecular complexity index is 471. The van der Waals surface area contributed by atoms with Crippen LogP contribution < -0.4 is 0 Å². The van der Waals surface area contributed by atoms with Crippen LogP contribution in [0.2, 0.25) is 0 Å². The van der Waals surface area contributed by atoms with Gasteiger partial charge in [-0.3, -0.25) is 4.98 Å². The summed E-state index contributed by atoms with van der Waals surface area (Å²) in [5, 5.41) is 8.97. The molecule has 0 atom stereocenters. The molecule has 2 aromatic rings. The standard InChI is InChI=1S/C11H11N3O/c1-8-2-4-12-6-10(8)11-13-5-3-9(7-15)14-11/h2-6,15H,7H2,1H3. The number of hydrogen-bond acceptors (Lipinski definition) is 4. The van der Waals surface area contributed by atoms with Gasteiger partial charge >= 0.3 is 0 Å². The quantitative estimate of drug-likeness (QED) is 0.796. The van der Waals surface area contributed by atoms with Crippen molar-refractivity contribution in [2.75, 3.05) is 0 Å². The van der Waals surface area contributed by atoms with E-state index < -0.39 is 0 Å². The summed E-state index contributed by atoms with van der Waals surface area (Å²) in [6.45, 7) is 1.90. The number of aryl methyl sites for hydroxylation is 1. The van der Waals surface area contributed by atoms with Crippen molar-refractivity contribution < 1.29 is 5.11 Å². The molecule has 76 valence electrons. The van der Waals surface area contributed by atoms with Crippen molar-refractivity contribution in [1.29, 1.82) is 0 Å². The predicted octanol–water partition coefficient (Wildman–Crippen LogP) is 1.34. The molecule has 2 aromatic heterocycles. The lowest BCUT2D eigenvalue weighted by molar-refractivity contribution is 0.277. The van der Waals surface area contributed by atoms with E-state index in [9.17, 15) is 0 Å². The SMILES string of the molecule is Cc1ccncc1-c1nccc(CO)n1. The van der Waals surface area contributed by atoms with Gasteiger partial charge in [-0.05, 0) is 24.6 Å². The van der Waals surface area contributed by atoms with Crippen LogP contribution in [0.4, 0.5) is 0 Å². The summed E-state index contributed by atoms with van der Waals surface area (Å²) in [5.41, 5.74) is 2.58. The number of pyridine rings is 1. The molecule has 0 amide bonds. The molecule has 4 heteroatoms. The van der Waals surface area contributed by atoms with E-state index in [1.54, 1.807) is 24.7 Å². The summed E-state index contributed by atoms with van der Waals surface area (Å²) in [4.78, 5) is 12.4. The molecule has 0 fully saturated rings. The fraction of sp³-hybridized carbons (Fsp3) is 0.182. The molecule has 0 unspecified atom stereocenters. The van der Waals surface area contributed by atoms with E-state index >= 15 is 0 Å². The summed E-state index contributed by atoms with van der Waals surface area (Å²) >= 11 is 0. The number of aliphatic hydroxyl groups excluding tert-OH is 1. The van der Waals surface area contributed by atoms with Crippen LogP contribution in [0.25, 0.3) is 11.4 Å². The first-order valence-electron chi connectivity index (χ1n) is 4.65. The highest BCUT2D eigenvalue weighted by atomic mass is 16.3. The van der Waals surface area contributed by atoms with Crippen LogP contribution in [-0.4, -0.2) is 20.1 Å². The Balaban J connectivity index is 2.49. The van der Waals surface area contributed by atoms with Gasteiger partial charge < -0.3 is 5.11 Å². The van der Waals surface area contributed by atoms with E-state index in [0.29, 0.717) is 11.5 Å². The van der Waals surface area contributed by atoms with Crippen LogP contribution in [-0.2, 0) is 6.61 Å². The number of aliphatic hydroxyl groups is 1. The van der Waals surface area contributed by atoms with Gasteiger partial charge in [-0.2, -0.15) is 0 Å². The van der Waals surface area contributed by atoms with Crippen molar-refractivity contribution in [2.45, 2.75) is 13.5 Å². The molecule has 0 radical (unpaired) electrons. The molecular formula is C11H11N3O. The van der Waals surface area contributed by atoms with Crippen LogP contribution >= 0.6 is 0 Å². The van der Waals surface area contributed by atoms with Gasteiger partial charge in [-0.25, -0.2) is 9.97 Å². The Kier molecular flexibility index (Phi) is 2.69. The van der Waals surface area contributed by atoms with E-state index in [2.05, 4.69) is 15.0 Å². The molecule has 0 aliphatic rings. The van der Waals surface area contributed by atoms with Gasteiger partial charge in [0.05, 0.1) is 12.3 Å². The summed E-state index contributed by atoms with van der Waals surface area (Å²) in [6.07, 6.45) is 5.10. The van der Waals surface area contributed by atoms with Crippen LogP contribution in [0, 0.1) is 6.92 Å². The lowest BCUT2D eigenvalue weighted by atomic mass is 10.1. The predicted molar refractivity (Wildman–Crippen MR) is 55.9 cm³/mol. The van der Waals surface area contributed by atoms with Crippen molar-refractivity contribution in [2.24, 2.45) is 0 Å². The van der Waals surface area contributed by atoms with Gasteiger partial charge in [0.2, 0.25) is 0 Å². The minimum absolute atomic E-state index is 0.0746. The molecule has 15 heavy (non-hydrogen) atoms. The minimum Gasteiger partial charge on any atom is -0.390 e. The second kappa shape index (κ2) is 4.14. The van der Waals surface area contributed by atoms with Gasteiger partial charge in [0, 0.05) is 24.2 Å². The maximum Gasteiger partial charge on any atom is 0.161 e. The third-order valence-electron chi connectivity index (χ3n) is 2.16. The number of nitrogens with zero attached hydrogens (tertiary/aromatic N) is 3. The molecule has 0 aliphatic carbocycles. The first-order chi connectivity index (χ1) is 7.31. The molecule has 4 nitrogen and oxygen atoms in total.